The maximum Gasteiger partial charge on any atom is 0.0468 e. The lowest BCUT2D eigenvalue weighted by Crippen LogP contribution is -2.22. The van der Waals surface area contributed by atoms with E-state index < -0.39 is 0 Å². The minimum Gasteiger partial charge on any atom is -0.385 e. The highest BCUT2D eigenvalue weighted by atomic mass is 16.5. The van der Waals surface area contributed by atoms with Crippen LogP contribution in [0.15, 0.2) is 0 Å². The van der Waals surface area contributed by atoms with Gasteiger partial charge in [-0.15, -0.1) is 0 Å². The van der Waals surface area contributed by atoms with Crippen molar-refractivity contribution in [2.24, 2.45) is 16.6 Å². The van der Waals surface area contributed by atoms with Gasteiger partial charge in [-0.2, -0.15) is 0 Å². The highest BCUT2D eigenvalue weighted by Crippen LogP contribution is 2.64. The van der Waals surface area contributed by atoms with E-state index in [1.807, 2.05) is 0 Å². The first-order valence-corrected chi connectivity index (χ1v) is 4.27. The first-order valence-electron chi connectivity index (χ1n) is 4.27. The Morgan fingerprint density at radius 2 is 2.00 bits per heavy atom. The van der Waals surface area contributed by atoms with Crippen LogP contribution in [-0.2, 0) is 4.74 Å². The van der Waals surface area contributed by atoms with Gasteiger partial charge in [-0.25, -0.2) is 0 Å². The zero-order valence-corrected chi connectivity index (χ0v) is 7.81. The lowest BCUT2D eigenvalue weighted by molar-refractivity contribution is 0.163. The maximum absolute atomic E-state index is 5.73. The Morgan fingerprint density at radius 3 is 2.27 bits per heavy atom. The smallest absolute Gasteiger partial charge is 0.0468 e. The van der Waals surface area contributed by atoms with E-state index >= 15 is 0 Å². The van der Waals surface area contributed by atoms with E-state index in [1.165, 1.54) is 6.42 Å². The predicted molar refractivity (Wildman–Crippen MR) is 46.4 cm³/mol. The second-order valence-corrected chi connectivity index (χ2v) is 4.29. The third-order valence-corrected chi connectivity index (χ3v) is 3.27. The summed E-state index contributed by atoms with van der Waals surface area (Å²) in [5, 5.41) is 0. The van der Waals surface area contributed by atoms with Crippen molar-refractivity contribution in [3.05, 3.63) is 0 Å². The van der Waals surface area contributed by atoms with Crippen molar-refractivity contribution in [2.75, 3.05) is 20.3 Å². The average molecular weight is 157 g/mol. The molecule has 1 aliphatic carbocycles. The molecule has 2 N–H and O–H groups in total. The van der Waals surface area contributed by atoms with Gasteiger partial charge in [0, 0.05) is 13.7 Å². The molecule has 0 spiro atoms. The topological polar surface area (TPSA) is 35.2 Å². The van der Waals surface area contributed by atoms with Crippen LogP contribution in [0.3, 0.4) is 0 Å². The maximum atomic E-state index is 5.73. The van der Waals surface area contributed by atoms with Crippen molar-refractivity contribution in [3.63, 3.8) is 0 Å². The zero-order valence-electron chi connectivity index (χ0n) is 7.81. The molecule has 0 heterocycles. The van der Waals surface area contributed by atoms with Gasteiger partial charge in [0.05, 0.1) is 0 Å². The fourth-order valence-corrected chi connectivity index (χ4v) is 1.98. The fourth-order valence-electron chi connectivity index (χ4n) is 1.98. The summed E-state index contributed by atoms with van der Waals surface area (Å²) in [5.74, 6) is 0. The monoisotopic (exact) mass is 157 g/mol. The molecule has 66 valence electrons. The summed E-state index contributed by atoms with van der Waals surface area (Å²) >= 11 is 0. The van der Waals surface area contributed by atoms with Crippen molar-refractivity contribution in [2.45, 2.75) is 26.7 Å². The van der Waals surface area contributed by atoms with Gasteiger partial charge in [-0.1, -0.05) is 13.8 Å². The third kappa shape index (κ3) is 1.42. The SMILES string of the molecule is COCCC1(CN)CC1(C)C. The normalized spacial score (nSPS) is 33.8. The van der Waals surface area contributed by atoms with Crippen LogP contribution in [-0.4, -0.2) is 20.3 Å². The third-order valence-electron chi connectivity index (χ3n) is 3.27. The van der Waals surface area contributed by atoms with Crippen LogP contribution >= 0.6 is 0 Å². The van der Waals surface area contributed by atoms with Gasteiger partial charge in [-0.05, 0) is 30.2 Å². The van der Waals surface area contributed by atoms with E-state index in [-0.39, 0.29) is 0 Å². The van der Waals surface area contributed by atoms with Crippen molar-refractivity contribution in [1.29, 1.82) is 0 Å². The molecule has 1 fully saturated rings. The molecule has 1 rings (SSSR count). The Labute approximate surface area is 69.1 Å². The van der Waals surface area contributed by atoms with Gasteiger partial charge >= 0.3 is 0 Å². The lowest BCUT2D eigenvalue weighted by Gasteiger charge is -2.17. The fraction of sp³-hybridized carbons (Fsp3) is 1.00. The van der Waals surface area contributed by atoms with Gasteiger partial charge in [-0.3, -0.25) is 0 Å². The molecular formula is C9H19NO. The number of hydrogen-bond acceptors (Lipinski definition) is 2. The van der Waals surface area contributed by atoms with Crippen molar-refractivity contribution in [3.8, 4) is 0 Å². The summed E-state index contributed by atoms with van der Waals surface area (Å²) in [5.41, 5.74) is 6.58. The Kier molecular flexibility index (Phi) is 2.26. The van der Waals surface area contributed by atoms with E-state index in [1.54, 1.807) is 7.11 Å². The van der Waals surface area contributed by atoms with Crippen LogP contribution in [0.2, 0.25) is 0 Å². The Bertz CT molecular complexity index is 144. The molecule has 0 aromatic heterocycles. The number of methoxy groups -OCH3 is 1. The molecule has 2 nitrogen and oxygen atoms in total. The summed E-state index contributed by atoms with van der Waals surface area (Å²) in [4.78, 5) is 0. The zero-order chi connectivity index (χ0) is 8.54. The van der Waals surface area contributed by atoms with E-state index in [0.717, 1.165) is 19.6 Å². The summed E-state index contributed by atoms with van der Waals surface area (Å²) in [6.07, 6.45) is 2.38. The Morgan fingerprint density at radius 1 is 1.45 bits per heavy atom. The Balaban J connectivity index is 2.40. The van der Waals surface area contributed by atoms with Crippen LogP contribution in [0.5, 0.6) is 0 Å². The van der Waals surface area contributed by atoms with Crippen molar-refractivity contribution >= 4 is 0 Å². The number of hydrogen-bond donors (Lipinski definition) is 1. The standard InChI is InChI=1S/C9H19NO/c1-8(2)6-9(8,7-10)4-5-11-3/h4-7,10H2,1-3H3. The molecule has 11 heavy (non-hydrogen) atoms. The predicted octanol–water partition coefficient (Wildman–Crippen LogP) is 1.40. The lowest BCUT2D eigenvalue weighted by atomic mass is 9.93. The van der Waals surface area contributed by atoms with E-state index in [0.29, 0.717) is 10.8 Å². The van der Waals surface area contributed by atoms with E-state index in [4.69, 9.17) is 10.5 Å². The van der Waals surface area contributed by atoms with Crippen molar-refractivity contribution < 1.29 is 4.74 Å². The molecule has 0 amide bonds. The molecule has 0 radical (unpaired) electrons. The molecule has 2 heteroatoms. The first kappa shape index (κ1) is 9.01. The second-order valence-electron chi connectivity index (χ2n) is 4.29. The summed E-state index contributed by atoms with van der Waals surface area (Å²) in [6.45, 7) is 6.23. The van der Waals surface area contributed by atoms with Crippen LogP contribution in [0, 0.1) is 10.8 Å². The summed E-state index contributed by atoms with van der Waals surface area (Å²) in [7, 11) is 1.75. The molecule has 0 aliphatic heterocycles. The molecule has 1 saturated carbocycles. The van der Waals surface area contributed by atoms with Crippen molar-refractivity contribution in [1.82, 2.24) is 0 Å². The summed E-state index contributed by atoms with van der Waals surface area (Å²) in [6, 6.07) is 0. The molecule has 1 unspecified atom stereocenters. The van der Waals surface area contributed by atoms with Crippen LogP contribution in [0.25, 0.3) is 0 Å². The van der Waals surface area contributed by atoms with Gasteiger partial charge in [0.15, 0.2) is 0 Å². The molecule has 0 saturated heterocycles. The number of rotatable bonds is 4. The molecule has 0 bridgehead atoms. The van der Waals surface area contributed by atoms with Crippen LogP contribution < -0.4 is 5.73 Å². The molecule has 0 aromatic rings. The largest absolute Gasteiger partial charge is 0.385 e. The van der Waals surface area contributed by atoms with Crippen LogP contribution in [0.1, 0.15) is 26.7 Å². The molecule has 1 atom stereocenters. The number of ether oxygens (including phenoxy) is 1. The molecule has 1 aliphatic rings. The van der Waals surface area contributed by atoms with E-state index in [2.05, 4.69) is 13.8 Å². The van der Waals surface area contributed by atoms with E-state index in [9.17, 15) is 0 Å². The minimum absolute atomic E-state index is 0.392. The molecule has 0 aromatic carbocycles. The minimum atomic E-state index is 0.392. The highest BCUT2D eigenvalue weighted by Gasteiger charge is 2.59. The second kappa shape index (κ2) is 2.76. The average Bonchev–Trinajstić information content (AvgIpc) is 2.50. The Hall–Kier alpha value is -0.0800. The first-order chi connectivity index (χ1) is 5.08. The van der Waals surface area contributed by atoms with Gasteiger partial charge in [0.25, 0.3) is 0 Å². The van der Waals surface area contributed by atoms with Crippen LogP contribution in [0.4, 0.5) is 0 Å². The highest BCUT2D eigenvalue weighted by molar-refractivity contribution is 5.09. The van der Waals surface area contributed by atoms with Gasteiger partial charge in [0.2, 0.25) is 0 Å². The summed E-state index contributed by atoms with van der Waals surface area (Å²) < 4.78 is 5.06. The van der Waals surface area contributed by atoms with Gasteiger partial charge < -0.3 is 10.5 Å². The van der Waals surface area contributed by atoms with Gasteiger partial charge in [0.1, 0.15) is 0 Å². The molecular weight excluding hydrogens is 138 g/mol. The number of nitrogens with two attached hydrogens (primary N) is 1. The quantitative estimate of drug-likeness (QED) is 0.669.